The number of anilines is 1. The number of para-hydroxylation sites is 1. The molecular formula is C31H22BrClN2O5. The Balaban J connectivity index is 1.32. The molecule has 0 spiro atoms. The summed E-state index contributed by atoms with van der Waals surface area (Å²) in [6.07, 6.45) is 1.43. The summed E-state index contributed by atoms with van der Waals surface area (Å²) in [5.41, 5.74) is 2.52. The van der Waals surface area contributed by atoms with Gasteiger partial charge in [0.15, 0.2) is 0 Å². The number of rotatable bonds is 8. The van der Waals surface area contributed by atoms with Gasteiger partial charge >= 0.3 is 6.03 Å². The summed E-state index contributed by atoms with van der Waals surface area (Å²) in [4.78, 5) is 39.7. The van der Waals surface area contributed by atoms with E-state index in [9.17, 15) is 14.4 Å². The van der Waals surface area contributed by atoms with Crippen molar-refractivity contribution in [3.63, 3.8) is 0 Å². The van der Waals surface area contributed by atoms with Gasteiger partial charge in [0.2, 0.25) is 0 Å². The summed E-state index contributed by atoms with van der Waals surface area (Å²) >= 11 is 9.33. The Morgan fingerprint density at radius 2 is 1.40 bits per heavy atom. The second-order valence-corrected chi connectivity index (χ2v) is 10.2. The highest BCUT2D eigenvalue weighted by molar-refractivity contribution is 9.10. The predicted octanol–water partition coefficient (Wildman–Crippen LogP) is 6.93. The third kappa shape index (κ3) is 6.42. The molecule has 1 N–H and O–H groups in total. The van der Waals surface area contributed by atoms with Crippen molar-refractivity contribution in [2.75, 3.05) is 4.90 Å². The first-order valence-electron chi connectivity index (χ1n) is 12.2. The van der Waals surface area contributed by atoms with Gasteiger partial charge in [-0.05, 0) is 71.8 Å². The monoisotopic (exact) mass is 616 g/mol. The third-order valence-corrected chi connectivity index (χ3v) is 6.82. The molecule has 7 nitrogen and oxygen atoms in total. The fraction of sp³-hybridized carbons (Fsp3) is 0.0645. The summed E-state index contributed by atoms with van der Waals surface area (Å²) in [6.45, 7) is 0.620. The van der Waals surface area contributed by atoms with Gasteiger partial charge in [0.05, 0.1) is 5.69 Å². The second-order valence-electron chi connectivity index (χ2n) is 8.82. The molecule has 1 saturated heterocycles. The van der Waals surface area contributed by atoms with Gasteiger partial charge < -0.3 is 9.47 Å². The van der Waals surface area contributed by atoms with E-state index in [1.54, 1.807) is 60.7 Å². The van der Waals surface area contributed by atoms with Crippen LogP contribution in [0.25, 0.3) is 6.08 Å². The normalized spacial score (nSPS) is 14.3. The van der Waals surface area contributed by atoms with Crippen LogP contribution in [-0.2, 0) is 22.8 Å². The van der Waals surface area contributed by atoms with Gasteiger partial charge in [-0.2, -0.15) is 0 Å². The number of carbonyl (C=O) groups excluding carboxylic acids is 3. The van der Waals surface area contributed by atoms with E-state index in [0.29, 0.717) is 41.0 Å². The topological polar surface area (TPSA) is 84.9 Å². The summed E-state index contributed by atoms with van der Waals surface area (Å²) in [5, 5.41) is 2.89. The average Bonchev–Trinajstić information content (AvgIpc) is 2.96. The second kappa shape index (κ2) is 12.2. The van der Waals surface area contributed by atoms with Crippen LogP contribution < -0.4 is 19.7 Å². The molecule has 40 heavy (non-hydrogen) atoms. The lowest BCUT2D eigenvalue weighted by atomic mass is 10.1. The number of barbiturate groups is 1. The molecule has 0 aromatic heterocycles. The van der Waals surface area contributed by atoms with Crippen LogP contribution in [0, 0.1) is 0 Å². The van der Waals surface area contributed by atoms with Crippen LogP contribution in [0.15, 0.2) is 107 Å². The number of halogens is 2. The number of nitrogens with one attached hydrogen (secondary N) is 1. The predicted molar refractivity (Wildman–Crippen MR) is 156 cm³/mol. The highest BCUT2D eigenvalue weighted by Crippen LogP contribution is 2.27. The molecular weight excluding hydrogens is 596 g/mol. The maximum atomic E-state index is 13.4. The van der Waals surface area contributed by atoms with Crippen LogP contribution in [0.4, 0.5) is 10.5 Å². The minimum absolute atomic E-state index is 0.192. The Bertz CT molecular complexity index is 1590. The van der Waals surface area contributed by atoms with E-state index in [1.165, 1.54) is 6.08 Å². The van der Waals surface area contributed by atoms with Crippen molar-refractivity contribution in [3.05, 3.63) is 129 Å². The van der Waals surface area contributed by atoms with Gasteiger partial charge in [-0.15, -0.1) is 0 Å². The van der Waals surface area contributed by atoms with Gasteiger partial charge in [0.1, 0.15) is 30.3 Å². The molecule has 200 valence electrons. The van der Waals surface area contributed by atoms with Crippen LogP contribution >= 0.6 is 27.5 Å². The molecule has 4 aromatic rings. The van der Waals surface area contributed by atoms with Crippen molar-refractivity contribution in [3.8, 4) is 11.5 Å². The number of hydrogen-bond acceptors (Lipinski definition) is 5. The lowest BCUT2D eigenvalue weighted by Gasteiger charge is -2.26. The molecule has 0 bridgehead atoms. The quantitative estimate of drug-likeness (QED) is 0.171. The molecule has 1 fully saturated rings. The number of nitrogens with zero attached hydrogens (tertiary/aromatic N) is 1. The van der Waals surface area contributed by atoms with E-state index < -0.39 is 17.8 Å². The molecule has 1 heterocycles. The maximum Gasteiger partial charge on any atom is 0.335 e. The molecule has 9 heteroatoms. The minimum atomic E-state index is -0.832. The van der Waals surface area contributed by atoms with E-state index in [4.69, 9.17) is 21.1 Å². The molecule has 0 atom stereocenters. The molecule has 4 amide bonds. The van der Waals surface area contributed by atoms with Crippen molar-refractivity contribution >= 4 is 57.1 Å². The lowest BCUT2D eigenvalue weighted by molar-refractivity contribution is -0.122. The highest BCUT2D eigenvalue weighted by atomic mass is 79.9. The van der Waals surface area contributed by atoms with E-state index in [-0.39, 0.29) is 5.57 Å². The first-order chi connectivity index (χ1) is 19.4. The molecule has 1 aliphatic rings. The van der Waals surface area contributed by atoms with Gasteiger partial charge in [-0.3, -0.25) is 14.9 Å². The highest BCUT2D eigenvalue weighted by Gasteiger charge is 2.37. The first-order valence-corrected chi connectivity index (χ1v) is 13.4. The molecule has 0 unspecified atom stereocenters. The summed E-state index contributed by atoms with van der Waals surface area (Å²) in [6, 6.07) is 27.7. The van der Waals surface area contributed by atoms with E-state index in [2.05, 4.69) is 21.2 Å². The largest absolute Gasteiger partial charge is 0.489 e. The summed E-state index contributed by atoms with van der Waals surface area (Å²) in [7, 11) is 0. The number of hydrogen-bond donors (Lipinski definition) is 1. The zero-order valence-electron chi connectivity index (χ0n) is 21.0. The summed E-state index contributed by atoms with van der Waals surface area (Å²) in [5.74, 6) is -0.486. The first kappa shape index (κ1) is 27.2. The van der Waals surface area contributed by atoms with Crippen molar-refractivity contribution in [1.29, 1.82) is 0 Å². The number of urea groups is 1. The molecule has 0 aliphatic carbocycles. The SMILES string of the molecule is O=C1NC(=O)N(c2ccc(OCc3ccc(Cl)cc3)cc2)C(=O)/C1=C/c1ccccc1OCc1ccc(Br)cc1. The Morgan fingerprint density at radius 1 is 0.775 bits per heavy atom. The smallest absolute Gasteiger partial charge is 0.335 e. The van der Waals surface area contributed by atoms with Crippen LogP contribution in [0.5, 0.6) is 11.5 Å². The van der Waals surface area contributed by atoms with Crippen LogP contribution in [0.2, 0.25) is 5.02 Å². The Hall–Kier alpha value is -4.40. The zero-order valence-corrected chi connectivity index (χ0v) is 23.3. The lowest BCUT2D eigenvalue weighted by Crippen LogP contribution is -2.54. The third-order valence-electron chi connectivity index (χ3n) is 6.04. The van der Waals surface area contributed by atoms with Gasteiger partial charge in [0, 0.05) is 15.1 Å². The number of amides is 4. The van der Waals surface area contributed by atoms with Gasteiger partial charge in [-0.25, -0.2) is 9.69 Å². The molecule has 4 aromatic carbocycles. The maximum absolute atomic E-state index is 13.4. The van der Waals surface area contributed by atoms with Crippen molar-refractivity contribution in [1.82, 2.24) is 5.32 Å². The molecule has 1 aliphatic heterocycles. The fourth-order valence-corrected chi connectivity index (χ4v) is 4.35. The Morgan fingerprint density at radius 3 is 2.10 bits per heavy atom. The number of imide groups is 2. The minimum Gasteiger partial charge on any atom is -0.489 e. The van der Waals surface area contributed by atoms with Crippen LogP contribution in [0.1, 0.15) is 16.7 Å². The van der Waals surface area contributed by atoms with Crippen molar-refractivity contribution < 1.29 is 23.9 Å². The van der Waals surface area contributed by atoms with E-state index in [0.717, 1.165) is 20.5 Å². The van der Waals surface area contributed by atoms with E-state index >= 15 is 0 Å². The van der Waals surface area contributed by atoms with E-state index in [1.807, 2.05) is 36.4 Å². The number of ether oxygens (including phenoxy) is 2. The summed E-state index contributed by atoms with van der Waals surface area (Å²) < 4.78 is 12.7. The molecule has 0 saturated carbocycles. The number of benzene rings is 4. The van der Waals surface area contributed by atoms with Crippen molar-refractivity contribution in [2.45, 2.75) is 13.2 Å². The van der Waals surface area contributed by atoms with Crippen LogP contribution in [0.3, 0.4) is 0 Å². The fourth-order valence-electron chi connectivity index (χ4n) is 3.96. The number of carbonyl (C=O) groups is 3. The van der Waals surface area contributed by atoms with Crippen LogP contribution in [-0.4, -0.2) is 17.8 Å². The average molecular weight is 618 g/mol. The Kier molecular flexibility index (Phi) is 8.28. The zero-order chi connectivity index (χ0) is 28.1. The molecule has 0 radical (unpaired) electrons. The van der Waals surface area contributed by atoms with Gasteiger partial charge in [-0.1, -0.05) is 70.0 Å². The molecule has 5 rings (SSSR count). The Labute approximate surface area is 244 Å². The van der Waals surface area contributed by atoms with Gasteiger partial charge in [0.25, 0.3) is 11.8 Å². The van der Waals surface area contributed by atoms with Crippen molar-refractivity contribution in [2.24, 2.45) is 0 Å². The standard InChI is InChI=1S/C31H22BrClN2O5/c32-23-9-5-20(6-10-23)19-40-28-4-2-1-3-22(28)17-27-29(36)34-31(38)35(30(27)37)25-13-15-26(16-14-25)39-18-21-7-11-24(33)12-8-21/h1-17H,18-19H2,(H,34,36,38)/b27-17+.